The van der Waals surface area contributed by atoms with Crippen LogP contribution in [0.25, 0.3) is 0 Å². The van der Waals surface area contributed by atoms with E-state index in [0.29, 0.717) is 11.6 Å². The minimum Gasteiger partial charge on any atom is -0.311 e. The average molecular weight is 298 g/mol. The molecule has 1 aliphatic heterocycles. The zero-order valence-electron chi connectivity index (χ0n) is 11.5. The number of likely N-dealkylation sites (tertiary alicyclic amines) is 1. The summed E-state index contributed by atoms with van der Waals surface area (Å²) < 4.78 is 0. The van der Waals surface area contributed by atoms with Gasteiger partial charge >= 0.3 is 0 Å². The lowest BCUT2D eigenvalue weighted by molar-refractivity contribution is -0.384. The first-order chi connectivity index (χ1) is 9.66. The van der Waals surface area contributed by atoms with E-state index in [-0.39, 0.29) is 5.69 Å². The van der Waals surface area contributed by atoms with E-state index >= 15 is 0 Å². The summed E-state index contributed by atoms with van der Waals surface area (Å²) in [6.07, 6.45) is 3.95. The van der Waals surface area contributed by atoms with Gasteiger partial charge in [-0.3, -0.25) is 10.1 Å². The van der Waals surface area contributed by atoms with E-state index < -0.39 is 4.92 Å². The number of rotatable bonds is 6. The van der Waals surface area contributed by atoms with Gasteiger partial charge in [0, 0.05) is 31.8 Å². The van der Waals surface area contributed by atoms with Crippen molar-refractivity contribution in [3.8, 4) is 0 Å². The lowest BCUT2D eigenvalue weighted by atomic mass is 10.1. The molecule has 1 aromatic carbocycles. The van der Waals surface area contributed by atoms with Crippen LogP contribution in [0.2, 0.25) is 5.02 Å². The first-order valence-corrected chi connectivity index (χ1v) is 7.40. The van der Waals surface area contributed by atoms with Gasteiger partial charge in [0.2, 0.25) is 0 Å². The van der Waals surface area contributed by atoms with Crippen molar-refractivity contribution in [1.82, 2.24) is 10.2 Å². The molecule has 6 heteroatoms. The van der Waals surface area contributed by atoms with Crippen LogP contribution in [-0.2, 0) is 6.54 Å². The summed E-state index contributed by atoms with van der Waals surface area (Å²) in [5.74, 6) is 0. The predicted octanol–water partition coefficient (Wildman–Crippen LogP) is 2.82. The fourth-order valence-electron chi connectivity index (χ4n) is 2.44. The molecule has 110 valence electrons. The summed E-state index contributed by atoms with van der Waals surface area (Å²) >= 11 is 6.05. The summed E-state index contributed by atoms with van der Waals surface area (Å²) in [6, 6.07) is 4.62. The number of benzene rings is 1. The number of hydrogen-bond acceptors (Lipinski definition) is 4. The van der Waals surface area contributed by atoms with Crippen LogP contribution in [0.1, 0.15) is 24.8 Å². The Morgan fingerprint density at radius 2 is 2.05 bits per heavy atom. The molecule has 0 saturated carbocycles. The Morgan fingerprint density at radius 3 is 2.70 bits per heavy atom. The summed E-state index contributed by atoms with van der Waals surface area (Å²) in [7, 11) is 0. The van der Waals surface area contributed by atoms with Crippen molar-refractivity contribution in [1.29, 1.82) is 0 Å². The van der Waals surface area contributed by atoms with Crippen LogP contribution in [0.4, 0.5) is 5.69 Å². The molecule has 1 aromatic rings. The maximum Gasteiger partial charge on any atom is 0.270 e. The maximum atomic E-state index is 10.6. The minimum absolute atomic E-state index is 0.0343. The fraction of sp³-hybridized carbons (Fsp3) is 0.571. The van der Waals surface area contributed by atoms with Crippen LogP contribution in [0.3, 0.4) is 0 Å². The van der Waals surface area contributed by atoms with E-state index in [1.54, 1.807) is 6.07 Å². The number of piperidine rings is 1. The van der Waals surface area contributed by atoms with Crippen LogP contribution < -0.4 is 5.32 Å². The van der Waals surface area contributed by atoms with Crippen molar-refractivity contribution in [2.45, 2.75) is 25.8 Å². The second kappa shape index (κ2) is 7.57. The molecule has 0 unspecified atom stereocenters. The first kappa shape index (κ1) is 15.2. The smallest absolute Gasteiger partial charge is 0.270 e. The molecule has 0 aliphatic carbocycles. The molecule has 1 heterocycles. The van der Waals surface area contributed by atoms with Crippen LogP contribution in [0.15, 0.2) is 18.2 Å². The van der Waals surface area contributed by atoms with Gasteiger partial charge in [0.05, 0.1) is 9.95 Å². The molecule has 0 spiro atoms. The second-order valence-electron chi connectivity index (χ2n) is 5.11. The maximum absolute atomic E-state index is 10.6. The van der Waals surface area contributed by atoms with E-state index in [9.17, 15) is 10.1 Å². The molecule has 0 amide bonds. The molecule has 0 radical (unpaired) electrons. The number of nitrogens with one attached hydrogen (secondary N) is 1. The highest BCUT2D eigenvalue weighted by molar-refractivity contribution is 6.31. The topological polar surface area (TPSA) is 58.4 Å². The van der Waals surface area contributed by atoms with E-state index in [2.05, 4.69) is 10.2 Å². The zero-order chi connectivity index (χ0) is 14.4. The highest BCUT2D eigenvalue weighted by Gasteiger charge is 2.10. The van der Waals surface area contributed by atoms with Crippen molar-refractivity contribution in [3.05, 3.63) is 38.9 Å². The van der Waals surface area contributed by atoms with Crippen molar-refractivity contribution in [2.24, 2.45) is 0 Å². The molecule has 1 N–H and O–H groups in total. The third kappa shape index (κ3) is 4.44. The Kier molecular flexibility index (Phi) is 5.76. The third-order valence-electron chi connectivity index (χ3n) is 3.62. The van der Waals surface area contributed by atoms with E-state index in [4.69, 9.17) is 11.6 Å². The molecule has 0 aromatic heterocycles. The Bertz CT molecular complexity index is 462. The van der Waals surface area contributed by atoms with Gasteiger partial charge in [-0.2, -0.15) is 0 Å². The van der Waals surface area contributed by atoms with Gasteiger partial charge in [-0.15, -0.1) is 0 Å². The van der Waals surface area contributed by atoms with E-state index in [1.807, 2.05) is 0 Å². The van der Waals surface area contributed by atoms with E-state index in [1.165, 1.54) is 44.5 Å². The van der Waals surface area contributed by atoms with Crippen molar-refractivity contribution >= 4 is 17.3 Å². The molecule has 0 atom stereocenters. The van der Waals surface area contributed by atoms with Gasteiger partial charge in [0.1, 0.15) is 0 Å². The molecule has 2 rings (SSSR count). The van der Waals surface area contributed by atoms with Crippen LogP contribution >= 0.6 is 11.6 Å². The normalized spacial score (nSPS) is 16.2. The Hall–Kier alpha value is -1.17. The van der Waals surface area contributed by atoms with Crippen LogP contribution in [0.5, 0.6) is 0 Å². The van der Waals surface area contributed by atoms with Gasteiger partial charge in [-0.05, 0) is 37.6 Å². The summed E-state index contributed by atoms with van der Waals surface area (Å²) in [4.78, 5) is 12.7. The van der Waals surface area contributed by atoms with Gasteiger partial charge < -0.3 is 10.2 Å². The van der Waals surface area contributed by atoms with Crippen molar-refractivity contribution in [2.75, 3.05) is 26.2 Å². The molecular formula is C14H20ClN3O2. The minimum atomic E-state index is -0.431. The number of nitrogens with zero attached hydrogens (tertiary/aromatic N) is 2. The lowest BCUT2D eigenvalue weighted by Crippen LogP contribution is -2.35. The molecule has 1 aliphatic rings. The van der Waals surface area contributed by atoms with Crippen molar-refractivity contribution < 1.29 is 4.92 Å². The molecule has 0 bridgehead atoms. The first-order valence-electron chi connectivity index (χ1n) is 7.03. The van der Waals surface area contributed by atoms with Gasteiger partial charge in [0.25, 0.3) is 5.69 Å². The standard InChI is InChI=1S/C14H20ClN3O2/c15-14-10-13(18(19)20)5-4-12(14)11-16-6-9-17-7-2-1-3-8-17/h4-5,10,16H,1-3,6-9,11H2. The molecule has 1 saturated heterocycles. The fourth-order valence-corrected chi connectivity index (χ4v) is 2.68. The number of non-ortho nitro benzene ring substituents is 1. The highest BCUT2D eigenvalue weighted by atomic mass is 35.5. The van der Waals surface area contributed by atoms with Crippen LogP contribution in [-0.4, -0.2) is 36.0 Å². The van der Waals surface area contributed by atoms with Gasteiger partial charge in [-0.25, -0.2) is 0 Å². The molecule has 20 heavy (non-hydrogen) atoms. The number of halogens is 1. The molecular weight excluding hydrogens is 278 g/mol. The highest BCUT2D eigenvalue weighted by Crippen LogP contribution is 2.22. The third-order valence-corrected chi connectivity index (χ3v) is 3.97. The zero-order valence-corrected chi connectivity index (χ0v) is 12.2. The monoisotopic (exact) mass is 297 g/mol. The number of hydrogen-bond donors (Lipinski definition) is 1. The average Bonchev–Trinajstić information content (AvgIpc) is 2.46. The van der Waals surface area contributed by atoms with Crippen molar-refractivity contribution in [3.63, 3.8) is 0 Å². The van der Waals surface area contributed by atoms with Crippen LogP contribution in [0, 0.1) is 10.1 Å². The summed E-state index contributed by atoms with van der Waals surface area (Å²) in [5, 5.41) is 14.4. The largest absolute Gasteiger partial charge is 0.311 e. The summed E-state index contributed by atoms with van der Waals surface area (Å²) in [6.45, 7) is 4.99. The molecule has 1 fully saturated rings. The lowest BCUT2D eigenvalue weighted by Gasteiger charge is -2.26. The predicted molar refractivity (Wildman–Crippen MR) is 80.1 cm³/mol. The number of nitro benzene ring substituents is 1. The Labute approximate surface area is 124 Å². The second-order valence-corrected chi connectivity index (χ2v) is 5.52. The van der Waals surface area contributed by atoms with Gasteiger partial charge in [0.15, 0.2) is 0 Å². The quantitative estimate of drug-likeness (QED) is 0.498. The SMILES string of the molecule is O=[N+]([O-])c1ccc(CNCCN2CCCCC2)c(Cl)c1. The summed E-state index contributed by atoms with van der Waals surface area (Å²) in [5.41, 5.74) is 0.933. The Morgan fingerprint density at radius 1 is 1.30 bits per heavy atom. The Balaban J connectivity index is 1.74. The number of nitro groups is 1. The van der Waals surface area contributed by atoms with Gasteiger partial charge in [-0.1, -0.05) is 18.0 Å². The molecule has 5 nitrogen and oxygen atoms in total. The van der Waals surface area contributed by atoms with E-state index in [0.717, 1.165) is 18.7 Å².